The quantitative estimate of drug-likeness (QED) is 0.351. The van der Waals surface area contributed by atoms with Gasteiger partial charge in [-0.05, 0) is 19.3 Å². The van der Waals surface area contributed by atoms with Crippen molar-refractivity contribution in [2.45, 2.75) is 78.6 Å². The molecule has 0 aliphatic carbocycles. The first kappa shape index (κ1) is 19.4. The standard InChI is InChI=1S/C15H26O6/c1-5-6-7-8-14(19-11(2)16)9-10-15(20-12(3)17)21-13(4)18/h14-15H,5-10H2,1-4H3. The maximum Gasteiger partial charge on any atom is 0.305 e. The molecule has 0 saturated heterocycles. The van der Waals surface area contributed by atoms with Crippen molar-refractivity contribution < 1.29 is 28.6 Å². The number of hydrogen-bond donors (Lipinski definition) is 0. The summed E-state index contributed by atoms with van der Waals surface area (Å²) in [6.45, 7) is 5.96. The molecule has 1 unspecified atom stereocenters. The van der Waals surface area contributed by atoms with Gasteiger partial charge in [0.05, 0.1) is 0 Å². The number of carbonyl (C=O) groups excluding carboxylic acids is 3. The molecule has 0 saturated carbocycles. The Hall–Kier alpha value is -1.59. The van der Waals surface area contributed by atoms with Crippen LogP contribution in [0, 0.1) is 0 Å². The Balaban J connectivity index is 4.38. The third-order valence-electron chi connectivity index (χ3n) is 2.78. The van der Waals surface area contributed by atoms with Crippen molar-refractivity contribution in [1.82, 2.24) is 0 Å². The molecule has 0 amide bonds. The average Bonchev–Trinajstić information content (AvgIpc) is 2.33. The molecular weight excluding hydrogens is 276 g/mol. The van der Waals surface area contributed by atoms with E-state index in [1.165, 1.54) is 20.8 Å². The summed E-state index contributed by atoms with van der Waals surface area (Å²) in [5.41, 5.74) is 0. The van der Waals surface area contributed by atoms with E-state index >= 15 is 0 Å². The van der Waals surface area contributed by atoms with Gasteiger partial charge in [-0.3, -0.25) is 14.4 Å². The highest BCUT2D eigenvalue weighted by molar-refractivity contribution is 5.68. The molecule has 0 bridgehead atoms. The highest BCUT2D eigenvalue weighted by Crippen LogP contribution is 2.16. The van der Waals surface area contributed by atoms with Gasteiger partial charge < -0.3 is 14.2 Å². The van der Waals surface area contributed by atoms with E-state index in [4.69, 9.17) is 14.2 Å². The van der Waals surface area contributed by atoms with Gasteiger partial charge in [0, 0.05) is 27.2 Å². The maximum absolute atomic E-state index is 11.1. The number of rotatable bonds is 10. The molecule has 0 aliphatic heterocycles. The Labute approximate surface area is 126 Å². The summed E-state index contributed by atoms with van der Waals surface area (Å²) in [5, 5.41) is 0. The minimum atomic E-state index is -0.927. The number of unbranched alkanes of at least 4 members (excludes halogenated alkanes) is 2. The predicted octanol–water partition coefficient (Wildman–Crippen LogP) is 2.73. The van der Waals surface area contributed by atoms with E-state index in [9.17, 15) is 14.4 Å². The number of carbonyl (C=O) groups is 3. The maximum atomic E-state index is 11.1. The molecule has 0 aliphatic rings. The van der Waals surface area contributed by atoms with Crippen molar-refractivity contribution in [1.29, 1.82) is 0 Å². The summed E-state index contributed by atoms with van der Waals surface area (Å²) >= 11 is 0. The third-order valence-corrected chi connectivity index (χ3v) is 2.78. The van der Waals surface area contributed by atoms with E-state index in [1.54, 1.807) is 0 Å². The molecule has 1 atom stereocenters. The second-order valence-electron chi connectivity index (χ2n) is 4.95. The van der Waals surface area contributed by atoms with Crippen LogP contribution in [0.3, 0.4) is 0 Å². The van der Waals surface area contributed by atoms with Crippen LogP contribution in [0.4, 0.5) is 0 Å². The molecule has 122 valence electrons. The molecule has 0 fully saturated rings. The van der Waals surface area contributed by atoms with Gasteiger partial charge in [0.2, 0.25) is 6.29 Å². The molecule has 0 N–H and O–H groups in total. The Morgan fingerprint density at radius 1 is 0.762 bits per heavy atom. The SMILES string of the molecule is CCCCCC(CCC(OC(C)=O)OC(C)=O)OC(C)=O. The van der Waals surface area contributed by atoms with Crippen molar-refractivity contribution in [3.8, 4) is 0 Å². The summed E-state index contributed by atoms with van der Waals surface area (Å²) in [5.74, 6) is -1.37. The smallest absolute Gasteiger partial charge is 0.305 e. The van der Waals surface area contributed by atoms with E-state index < -0.39 is 18.2 Å². The van der Waals surface area contributed by atoms with Gasteiger partial charge in [0.25, 0.3) is 0 Å². The first-order chi connectivity index (χ1) is 9.85. The second kappa shape index (κ2) is 11.1. The zero-order valence-corrected chi connectivity index (χ0v) is 13.3. The summed E-state index contributed by atoms with van der Waals surface area (Å²) in [4.78, 5) is 33.0. The number of esters is 3. The molecule has 6 heteroatoms. The van der Waals surface area contributed by atoms with Crippen LogP contribution in [0.15, 0.2) is 0 Å². The average molecular weight is 302 g/mol. The summed E-state index contributed by atoms with van der Waals surface area (Å²) < 4.78 is 15.1. The van der Waals surface area contributed by atoms with E-state index in [2.05, 4.69) is 6.92 Å². The molecular formula is C15H26O6. The highest BCUT2D eigenvalue weighted by Gasteiger charge is 2.19. The monoisotopic (exact) mass is 302 g/mol. The zero-order chi connectivity index (χ0) is 16.3. The normalized spacial score (nSPS) is 11.9. The first-order valence-corrected chi connectivity index (χ1v) is 7.36. The molecule has 21 heavy (non-hydrogen) atoms. The fraction of sp³-hybridized carbons (Fsp3) is 0.800. The van der Waals surface area contributed by atoms with E-state index in [0.29, 0.717) is 12.8 Å². The van der Waals surface area contributed by atoms with Crippen molar-refractivity contribution >= 4 is 17.9 Å². The van der Waals surface area contributed by atoms with Gasteiger partial charge in [-0.1, -0.05) is 19.8 Å². The summed E-state index contributed by atoms with van der Waals surface area (Å²) in [6, 6.07) is 0. The van der Waals surface area contributed by atoms with Crippen LogP contribution in [-0.2, 0) is 28.6 Å². The number of hydrogen-bond acceptors (Lipinski definition) is 6. The Morgan fingerprint density at radius 3 is 1.71 bits per heavy atom. The Bertz CT molecular complexity index is 323. The molecule has 0 heterocycles. The topological polar surface area (TPSA) is 78.9 Å². The van der Waals surface area contributed by atoms with Gasteiger partial charge in [-0.15, -0.1) is 0 Å². The Morgan fingerprint density at radius 2 is 1.29 bits per heavy atom. The van der Waals surface area contributed by atoms with Gasteiger partial charge in [-0.2, -0.15) is 0 Å². The zero-order valence-electron chi connectivity index (χ0n) is 13.3. The van der Waals surface area contributed by atoms with Crippen molar-refractivity contribution in [2.24, 2.45) is 0 Å². The molecule has 0 aromatic heterocycles. The van der Waals surface area contributed by atoms with Crippen molar-refractivity contribution in [2.75, 3.05) is 0 Å². The fourth-order valence-electron chi connectivity index (χ4n) is 1.95. The molecule has 0 spiro atoms. The van der Waals surface area contributed by atoms with Crippen molar-refractivity contribution in [3.05, 3.63) is 0 Å². The molecule has 0 rings (SSSR count). The second-order valence-corrected chi connectivity index (χ2v) is 4.95. The first-order valence-electron chi connectivity index (χ1n) is 7.36. The van der Waals surface area contributed by atoms with Gasteiger partial charge in [0.1, 0.15) is 6.10 Å². The molecule has 0 radical (unpaired) electrons. The van der Waals surface area contributed by atoms with E-state index in [1.807, 2.05) is 0 Å². The van der Waals surface area contributed by atoms with Crippen molar-refractivity contribution in [3.63, 3.8) is 0 Å². The lowest BCUT2D eigenvalue weighted by Crippen LogP contribution is -2.25. The summed E-state index contributed by atoms with van der Waals surface area (Å²) in [6.07, 6.45) is 3.47. The van der Waals surface area contributed by atoms with Gasteiger partial charge in [0.15, 0.2) is 0 Å². The minimum Gasteiger partial charge on any atom is -0.463 e. The third kappa shape index (κ3) is 11.9. The van der Waals surface area contributed by atoms with Crippen LogP contribution in [0.1, 0.15) is 66.2 Å². The van der Waals surface area contributed by atoms with Gasteiger partial charge in [-0.25, -0.2) is 0 Å². The lowest BCUT2D eigenvalue weighted by Gasteiger charge is -2.21. The lowest BCUT2D eigenvalue weighted by atomic mass is 10.1. The highest BCUT2D eigenvalue weighted by atomic mass is 16.7. The molecule has 6 nitrogen and oxygen atoms in total. The number of ether oxygens (including phenoxy) is 3. The van der Waals surface area contributed by atoms with Gasteiger partial charge >= 0.3 is 17.9 Å². The molecule has 0 aromatic carbocycles. The predicted molar refractivity (Wildman–Crippen MR) is 76.3 cm³/mol. The van der Waals surface area contributed by atoms with Crippen LogP contribution in [-0.4, -0.2) is 30.3 Å². The largest absolute Gasteiger partial charge is 0.463 e. The summed E-state index contributed by atoms with van der Waals surface area (Å²) in [7, 11) is 0. The molecule has 0 aromatic rings. The van der Waals surface area contributed by atoms with Crippen LogP contribution in [0.5, 0.6) is 0 Å². The van der Waals surface area contributed by atoms with Crippen LogP contribution in [0.2, 0.25) is 0 Å². The van der Waals surface area contributed by atoms with Crippen LogP contribution in [0.25, 0.3) is 0 Å². The Kier molecular flexibility index (Phi) is 10.3. The van der Waals surface area contributed by atoms with Crippen LogP contribution < -0.4 is 0 Å². The van der Waals surface area contributed by atoms with Crippen LogP contribution >= 0.6 is 0 Å². The van der Waals surface area contributed by atoms with E-state index in [-0.39, 0.29) is 12.1 Å². The fourth-order valence-corrected chi connectivity index (χ4v) is 1.95. The lowest BCUT2D eigenvalue weighted by molar-refractivity contribution is -0.187. The van der Waals surface area contributed by atoms with E-state index in [0.717, 1.165) is 25.7 Å². The minimum absolute atomic E-state index is 0.248.